The molecular formula is C18H19FN2O3. The number of ether oxygens (including phenoxy) is 1. The highest BCUT2D eigenvalue weighted by Gasteiger charge is 2.19. The van der Waals surface area contributed by atoms with Gasteiger partial charge in [-0.05, 0) is 36.8 Å². The fourth-order valence-electron chi connectivity index (χ4n) is 2.18. The molecule has 0 saturated carbocycles. The summed E-state index contributed by atoms with van der Waals surface area (Å²) in [6.07, 6.45) is -0.554. The quantitative estimate of drug-likeness (QED) is 0.850. The monoisotopic (exact) mass is 330 g/mol. The minimum Gasteiger partial charge on any atom is -0.450 e. The lowest BCUT2D eigenvalue weighted by atomic mass is 10.0. The van der Waals surface area contributed by atoms with Crippen LogP contribution in [-0.2, 0) is 9.53 Å². The first-order valence-electron chi connectivity index (χ1n) is 7.62. The van der Waals surface area contributed by atoms with Crippen LogP contribution in [0.1, 0.15) is 24.9 Å². The van der Waals surface area contributed by atoms with E-state index in [2.05, 4.69) is 10.6 Å². The number of nitrogens with one attached hydrogen (secondary N) is 2. The zero-order valence-electron chi connectivity index (χ0n) is 13.3. The second kappa shape index (κ2) is 8.67. The zero-order valence-corrected chi connectivity index (χ0v) is 13.3. The topological polar surface area (TPSA) is 67.4 Å². The number of alkyl carbamates (subject to hydrolysis) is 1. The van der Waals surface area contributed by atoms with Crippen molar-refractivity contribution in [3.8, 4) is 0 Å². The summed E-state index contributed by atoms with van der Waals surface area (Å²) >= 11 is 0. The Hall–Kier alpha value is -2.89. The molecule has 0 heterocycles. The molecular weight excluding hydrogens is 311 g/mol. The molecule has 126 valence electrons. The molecule has 0 aliphatic rings. The van der Waals surface area contributed by atoms with Crippen LogP contribution in [0.25, 0.3) is 0 Å². The van der Waals surface area contributed by atoms with Crippen LogP contribution in [0.2, 0.25) is 0 Å². The molecule has 0 aliphatic carbocycles. The van der Waals surface area contributed by atoms with Crippen molar-refractivity contribution >= 4 is 17.7 Å². The van der Waals surface area contributed by atoms with E-state index in [1.54, 1.807) is 6.92 Å². The van der Waals surface area contributed by atoms with Gasteiger partial charge in [-0.15, -0.1) is 0 Å². The minimum absolute atomic E-state index is 0.0280. The van der Waals surface area contributed by atoms with Crippen molar-refractivity contribution in [1.29, 1.82) is 0 Å². The van der Waals surface area contributed by atoms with Crippen molar-refractivity contribution in [3.05, 3.63) is 66.0 Å². The Morgan fingerprint density at radius 1 is 1.08 bits per heavy atom. The number of hydrogen-bond acceptors (Lipinski definition) is 3. The Morgan fingerprint density at radius 2 is 1.75 bits per heavy atom. The van der Waals surface area contributed by atoms with Gasteiger partial charge in [0.05, 0.1) is 19.1 Å². The summed E-state index contributed by atoms with van der Waals surface area (Å²) in [6.45, 7) is 1.95. The molecule has 2 aromatic carbocycles. The van der Waals surface area contributed by atoms with E-state index in [9.17, 15) is 14.0 Å². The summed E-state index contributed by atoms with van der Waals surface area (Å²) in [7, 11) is 0. The van der Waals surface area contributed by atoms with Crippen LogP contribution in [0, 0.1) is 5.82 Å². The molecule has 0 radical (unpaired) electrons. The molecule has 0 aromatic heterocycles. The highest BCUT2D eigenvalue weighted by atomic mass is 19.1. The summed E-state index contributed by atoms with van der Waals surface area (Å²) in [5.41, 5.74) is 1.28. The van der Waals surface area contributed by atoms with Crippen LogP contribution in [0.3, 0.4) is 0 Å². The highest BCUT2D eigenvalue weighted by Crippen LogP contribution is 2.18. The van der Waals surface area contributed by atoms with Gasteiger partial charge in [0, 0.05) is 5.69 Å². The van der Waals surface area contributed by atoms with Crippen molar-refractivity contribution in [3.63, 3.8) is 0 Å². The van der Waals surface area contributed by atoms with E-state index in [0.717, 1.165) is 5.56 Å². The van der Waals surface area contributed by atoms with E-state index in [0.29, 0.717) is 5.69 Å². The Morgan fingerprint density at radius 3 is 2.38 bits per heavy atom. The Labute approximate surface area is 139 Å². The summed E-state index contributed by atoms with van der Waals surface area (Å²) in [5.74, 6) is -0.675. The van der Waals surface area contributed by atoms with Gasteiger partial charge in [-0.2, -0.15) is 0 Å². The molecule has 0 unspecified atom stereocenters. The predicted molar refractivity (Wildman–Crippen MR) is 89.0 cm³/mol. The lowest BCUT2D eigenvalue weighted by molar-refractivity contribution is -0.116. The fraction of sp³-hybridized carbons (Fsp3) is 0.222. The molecule has 2 N–H and O–H groups in total. The SMILES string of the molecule is CCOC(=O)N[C@H](CC(=O)Nc1ccc(F)cc1)c1ccccc1. The first-order chi connectivity index (χ1) is 11.6. The van der Waals surface area contributed by atoms with Crippen molar-refractivity contribution in [2.24, 2.45) is 0 Å². The smallest absolute Gasteiger partial charge is 0.407 e. The lowest BCUT2D eigenvalue weighted by Gasteiger charge is -2.18. The van der Waals surface area contributed by atoms with Crippen molar-refractivity contribution < 1.29 is 18.7 Å². The van der Waals surface area contributed by atoms with E-state index >= 15 is 0 Å². The molecule has 2 rings (SSSR count). The summed E-state index contributed by atoms with van der Waals surface area (Å²) in [4.78, 5) is 23.9. The van der Waals surface area contributed by atoms with Crippen molar-refractivity contribution in [2.75, 3.05) is 11.9 Å². The molecule has 0 aliphatic heterocycles. The van der Waals surface area contributed by atoms with Crippen LogP contribution < -0.4 is 10.6 Å². The molecule has 5 nitrogen and oxygen atoms in total. The fourth-order valence-corrected chi connectivity index (χ4v) is 2.18. The molecule has 6 heteroatoms. The summed E-state index contributed by atoms with van der Waals surface area (Å²) < 4.78 is 17.8. The number of carbonyl (C=O) groups is 2. The third-order valence-corrected chi connectivity index (χ3v) is 3.29. The number of benzene rings is 2. The third-order valence-electron chi connectivity index (χ3n) is 3.29. The van der Waals surface area contributed by atoms with Gasteiger partial charge in [0.2, 0.25) is 5.91 Å². The van der Waals surface area contributed by atoms with Crippen LogP contribution >= 0.6 is 0 Å². The van der Waals surface area contributed by atoms with Gasteiger partial charge in [-0.1, -0.05) is 30.3 Å². The normalized spacial score (nSPS) is 11.4. The second-order valence-electron chi connectivity index (χ2n) is 5.09. The zero-order chi connectivity index (χ0) is 17.4. The van der Waals surface area contributed by atoms with Crippen LogP contribution in [0.4, 0.5) is 14.9 Å². The van der Waals surface area contributed by atoms with Gasteiger partial charge in [0.1, 0.15) is 5.82 Å². The number of carbonyl (C=O) groups excluding carboxylic acids is 2. The number of hydrogen-bond donors (Lipinski definition) is 2. The maximum absolute atomic E-state index is 12.9. The van der Waals surface area contributed by atoms with Gasteiger partial charge in [0.15, 0.2) is 0 Å². The van der Waals surface area contributed by atoms with Gasteiger partial charge >= 0.3 is 6.09 Å². The Kier molecular flexibility index (Phi) is 6.31. The molecule has 2 amide bonds. The van der Waals surface area contributed by atoms with Gasteiger partial charge in [0.25, 0.3) is 0 Å². The van der Waals surface area contributed by atoms with Crippen LogP contribution in [0.15, 0.2) is 54.6 Å². The summed E-state index contributed by atoms with van der Waals surface area (Å²) in [5, 5.41) is 5.35. The molecule has 0 bridgehead atoms. The number of anilines is 1. The first kappa shape index (κ1) is 17.5. The maximum Gasteiger partial charge on any atom is 0.407 e. The number of halogens is 1. The Bertz CT molecular complexity index is 674. The average Bonchev–Trinajstić information content (AvgIpc) is 2.57. The second-order valence-corrected chi connectivity index (χ2v) is 5.09. The average molecular weight is 330 g/mol. The third kappa shape index (κ3) is 5.39. The van der Waals surface area contributed by atoms with Crippen molar-refractivity contribution in [2.45, 2.75) is 19.4 Å². The van der Waals surface area contributed by atoms with E-state index in [-0.39, 0.29) is 24.8 Å². The number of rotatable bonds is 6. The van der Waals surface area contributed by atoms with E-state index < -0.39 is 12.1 Å². The highest BCUT2D eigenvalue weighted by molar-refractivity contribution is 5.91. The minimum atomic E-state index is -0.582. The standard InChI is InChI=1S/C18H19FN2O3/c1-2-24-18(23)21-16(13-6-4-3-5-7-13)12-17(22)20-15-10-8-14(19)9-11-15/h3-11,16H,2,12H2,1H3,(H,20,22)(H,21,23)/t16-/m1/s1. The van der Waals surface area contributed by atoms with Gasteiger partial charge < -0.3 is 15.4 Å². The van der Waals surface area contributed by atoms with Crippen LogP contribution in [-0.4, -0.2) is 18.6 Å². The molecule has 1 atom stereocenters. The molecule has 0 saturated heterocycles. The first-order valence-corrected chi connectivity index (χ1v) is 7.62. The largest absolute Gasteiger partial charge is 0.450 e. The van der Waals surface area contributed by atoms with Crippen molar-refractivity contribution in [1.82, 2.24) is 5.32 Å². The number of amides is 2. The van der Waals surface area contributed by atoms with E-state index in [1.165, 1.54) is 24.3 Å². The summed E-state index contributed by atoms with van der Waals surface area (Å²) in [6, 6.07) is 14.1. The van der Waals surface area contributed by atoms with E-state index in [1.807, 2.05) is 30.3 Å². The maximum atomic E-state index is 12.9. The molecule has 24 heavy (non-hydrogen) atoms. The Balaban J connectivity index is 2.05. The van der Waals surface area contributed by atoms with Gasteiger partial charge in [-0.3, -0.25) is 4.79 Å². The molecule has 0 spiro atoms. The van der Waals surface area contributed by atoms with E-state index in [4.69, 9.17) is 4.74 Å². The van der Waals surface area contributed by atoms with Crippen LogP contribution in [0.5, 0.6) is 0 Å². The lowest BCUT2D eigenvalue weighted by Crippen LogP contribution is -2.32. The predicted octanol–water partition coefficient (Wildman–Crippen LogP) is 3.64. The van der Waals surface area contributed by atoms with Gasteiger partial charge in [-0.25, -0.2) is 9.18 Å². The molecule has 2 aromatic rings. The molecule has 0 fully saturated rings.